The lowest BCUT2D eigenvalue weighted by Gasteiger charge is -2.29. The van der Waals surface area contributed by atoms with Crippen molar-refractivity contribution in [3.8, 4) is 6.07 Å². The van der Waals surface area contributed by atoms with E-state index in [2.05, 4.69) is 0 Å². The Labute approximate surface area is 243 Å². The summed E-state index contributed by atoms with van der Waals surface area (Å²) in [5, 5.41) is 10.5. The Balaban J connectivity index is 1.58. The third kappa shape index (κ3) is 5.97. The molecule has 1 N–H and O–H groups in total. The topological polar surface area (TPSA) is 167 Å². The third-order valence-electron chi connectivity index (χ3n) is 6.61. The zero-order chi connectivity index (χ0) is 30.4. The normalized spacial score (nSPS) is 20.9. The van der Waals surface area contributed by atoms with E-state index in [-0.39, 0.29) is 16.7 Å². The highest BCUT2D eigenvalue weighted by molar-refractivity contribution is 5.91. The molecule has 0 saturated carbocycles. The van der Waals surface area contributed by atoms with Gasteiger partial charge in [0, 0.05) is 12.3 Å². The number of carbonyl (C=O) groups is 3. The van der Waals surface area contributed by atoms with Crippen molar-refractivity contribution >= 4 is 17.9 Å². The van der Waals surface area contributed by atoms with Crippen LogP contribution in [0, 0.1) is 11.3 Å². The lowest BCUT2D eigenvalue weighted by Crippen LogP contribution is -2.53. The van der Waals surface area contributed by atoms with E-state index < -0.39 is 59.8 Å². The molecule has 43 heavy (non-hydrogen) atoms. The van der Waals surface area contributed by atoms with E-state index in [1.54, 1.807) is 54.6 Å². The summed E-state index contributed by atoms with van der Waals surface area (Å²) in [6, 6.07) is 26.5. The second-order valence-electron chi connectivity index (χ2n) is 9.34. The second-order valence-corrected chi connectivity index (χ2v) is 9.34. The summed E-state index contributed by atoms with van der Waals surface area (Å²) < 4.78 is 23.7. The maximum absolute atomic E-state index is 13.3. The van der Waals surface area contributed by atoms with Gasteiger partial charge in [-0.25, -0.2) is 19.2 Å². The summed E-state index contributed by atoms with van der Waals surface area (Å²) in [5.74, 6) is -2.53. The maximum atomic E-state index is 13.3. The number of H-pyrrole nitrogens is 1. The molecule has 1 fully saturated rings. The number of nitrogens with one attached hydrogen (secondary N) is 1. The summed E-state index contributed by atoms with van der Waals surface area (Å²) >= 11 is 0. The fourth-order valence-electron chi connectivity index (χ4n) is 4.55. The van der Waals surface area contributed by atoms with Crippen LogP contribution >= 0.6 is 0 Å². The number of esters is 3. The Morgan fingerprint density at radius 1 is 0.791 bits per heavy atom. The van der Waals surface area contributed by atoms with Gasteiger partial charge in [0.1, 0.15) is 18.8 Å². The van der Waals surface area contributed by atoms with Gasteiger partial charge in [0.2, 0.25) is 6.10 Å². The van der Waals surface area contributed by atoms with E-state index in [0.717, 1.165) is 16.8 Å². The molecule has 1 aliphatic heterocycles. The minimum Gasteiger partial charge on any atom is -0.459 e. The Hall–Kier alpha value is -5.80. The largest absolute Gasteiger partial charge is 0.459 e. The highest BCUT2D eigenvalue weighted by Crippen LogP contribution is 2.39. The summed E-state index contributed by atoms with van der Waals surface area (Å²) in [6.07, 6.45) is -3.76. The number of nitrogens with zero attached hydrogens (tertiary/aromatic N) is 2. The highest BCUT2D eigenvalue weighted by atomic mass is 16.7. The Kier molecular flexibility index (Phi) is 8.27. The van der Waals surface area contributed by atoms with Crippen LogP contribution in [-0.4, -0.2) is 52.4 Å². The van der Waals surface area contributed by atoms with Crippen molar-refractivity contribution in [1.82, 2.24) is 9.55 Å². The van der Waals surface area contributed by atoms with Gasteiger partial charge in [-0.05, 0) is 36.4 Å². The van der Waals surface area contributed by atoms with Crippen molar-refractivity contribution in [3.63, 3.8) is 0 Å². The van der Waals surface area contributed by atoms with Gasteiger partial charge in [0.15, 0.2) is 6.10 Å². The van der Waals surface area contributed by atoms with Gasteiger partial charge in [-0.3, -0.25) is 14.3 Å². The van der Waals surface area contributed by atoms with Crippen molar-refractivity contribution in [2.45, 2.75) is 24.0 Å². The molecule has 1 aliphatic rings. The number of benzene rings is 3. The van der Waals surface area contributed by atoms with Gasteiger partial charge in [0.05, 0.1) is 16.7 Å². The second kappa shape index (κ2) is 12.4. The standard InChI is InChI=1S/C31H23N3O9/c32-19-31(34-17-16-24(35)33-30(34)39)26(42-29(38)22-14-8-3-9-15-22)25(41-28(37)21-12-6-2-7-13-21)23(43-31)18-40-27(36)20-10-4-1-5-11-20/h1-17,23,25-26H,18H2,(H,33,35,39). The molecular formula is C31H23N3O9. The first-order valence-corrected chi connectivity index (χ1v) is 13.0. The van der Waals surface area contributed by atoms with Crippen LogP contribution < -0.4 is 11.2 Å². The molecule has 0 amide bonds. The number of hydrogen-bond acceptors (Lipinski definition) is 10. The van der Waals surface area contributed by atoms with E-state index in [0.29, 0.717) is 0 Å². The summed E-state index contributed by atoms with van der Waals surface area (Å²) in [6.45, 7) is -0.568. The zero-order valence-electron chi connectivity index (χ0n) is 22.3. The quantitative estimate of drug-likeness (QED) is 0.241. The van der Waals surface area contributed by atoms with Gasteiger partial charge in [-0.15, -0.1) is 0 Å². The summed E-state index contributed by atoms with van der Waals surface area (Å²) in [7, 11) is 0. The monoisotopic (exact) mass is 581 g/mol. The fraction of sp³-hybridized carbons (Fsp3) is 0.161. The first-order valence-electron chi connectivity index (χ1n) is 13.0. The van der Waals surface area contributed by atoms with Gasteiger partial charge in [-0.1, -0.05) is 54.6 Å². The molecule has 5 rings (SSSR count). The molecule has 1 saturated heterocycles. The van der Waals surface area contributed by atoms with E-state index >= 15 is 0 Å². The Bertz CT molecular complexity index is 1780. The number of hydrogen-bond donors (Lipinski definition) is 1. The SMILES string of the molecule is N#CC1(n2ccc(=O)[nH]c2=O)OC(COC(=O)c2ccccc2)C(OC(=O)c2ccccc2)C1OC(=O)c1ccccc1. The zero-order valence-corrected chi connectivity index (χ0v) is 22.3. The minimum atomic E-state index is -2.46. The molecule has 4 aromatic rings. The van der Waals surface area contributed by atoms with E-state index in [1.165, 1.54) is 36.4 Å². The Morgan fingerprint density at radius 2 is 1.30 bits per heavy atom. The molecule has 2 heterocycles. The molecule has 4 atom stereocenters. The van der Waals surface area contributed by atoms with Crippen LogP contribution in [0.1, 0.15) is 31.1 Å². The van der Waals surface area contributed by atoms with Crippen LogP contribution in [0.25, 0.3) is 0 Å². The molecule has 0 aliphatic carbocycles. The summed E-state index contributed by atoms with van der Waals surface area (Å²) in [4.78, 5) is 66.1. The first kappa shape index (κ1) is 28.7. The van der Waals surface area contributed by atoms with Gasteiger partial charge in [-0.2, -0.15) is 5.26 Å². The average molecular weight is 582 g/mol. The number of aromatic amines is 1. The number of nitriles is 1. The van der Waals surface area contributed by atoms with Crippen LogP contribution in [0.4, 0.5) is 0 Å². The van der Waals surface area contributed by atoms with Gasteiger partial charge >= 0.3 is 23.6 Å². The average Bonchev–Trinajstić information content (AvgIpc) is 3.33. The number of ether oxygens (including phenoxy) is 4. The first-order chi connectivity index (χ1) is 20.8. The van der Waals surface area contributed by atoms with Crippen LogP contribution in [0.3, 0.4) is 0 Å². The molecule has 4 unspecified atom stereocenters. The van der Waals surface area contributed by atoms with Gasteiger partial charge < -0.3 is 18.9 Å². The lowest BCUT2D eigenvalue weighted by molar-refractivity contribution is -0.113. The van der Waals surface area contributed by atoms with E-state index in [4.69, 9.17) is 18.9 Å². The van der Waals surface area contributed by atoms with Crippen molar-refractivity contribution in [2.24, 2.45) is 0 Å². The third-order valence-corrected chi connectivity index (χ3v) is 6.61. The molecule has 12 heteroatoms. The van der Waals surface area contributed by atoms with E-state index in [1.807, 2.05) is 11.1 Å². The number of rotatable bonds is 8. The molecule has 0 spiro atoms. The van der Waals surface area contributed by atoms with Gasteiger partial charge in [0.25, 0.3) is 11.3 Å². The summed E-state index contributed by atoms with van der Waals surface area (Å²) in [5.41, 5.74) is -3.84. The van der Waals surface area contributed by atoms with Crippen molar-refractivity contribution in [3.05, 3.63) is 141 Å². The molecular weight excluding hydrogens is 558 g/mol. The van der Waals surface area contributed by atoms with Crippen LogP contribution in [0.5, 0.6) is 0 Å². The minimum absolute atomic E-state index is 0.0928. The molecule has 0 bridgehead atoms. The molecule has 12 nitrogen and oxygen atoms in total. The van der Waals surface area contributed by atoms with Crippen molar-refractivity contribution < 1.29 is 33.3 Å². The molecule has 1 aromatic heterocycles. The van der Waals surface area contributed by atoms with Crippen molar-refractivity contribution in [1.29, 1.82) is 5.26 Å². The highest BCUT2D eigenvalue weighted by Gasteiger charge is 2.62. The number of aromatic nitrogens is 2. The fourth-order valence-corrected chi connectivity index (χ4v) is 4.55. The van der Waals surface area contributed by atoms with Crippen molar-refractivity contribution in [2.75, 3.05) is 6.61 Å². The Morgan fingerprint density at radius 3 is 1.81 bits per heavy atom. The van der Waals surface area contributed by atoms with E-state index in [9.17, 15) is 29.2 Å². The van der Waals surface area contributed by atoms with Crippen LogP contribution in [0.15, 0.2) is 113 Å². The maximum Gasteiger partial charge on any atom is 0.338 e. The molecule has 0 radical (unpaired) electrons. The molecule has 216 valence electrons. The predicted octanol–water partition coefficient (Wildman–Crippen LogP) is 2.42. The smallest absolute Gasteiger partial charge is 0.338 e. The van der Waals surface area contributed by atoms with Crippen LogP contribution in [0.2, 0.25) is 0 Å². The lowest BCUT2D eigenvalue weighted by atomic mass is 10.0. The predicted molar refractivity (Wildman–Crippen MR) is 148 cm³/mol. The van der Waals surface area contributed by atoms with Crippen LogP contribution in [-0.2, 0) is 24.7 Å². The number of carbonyl (C=O) groups excluding carboxylic acids is 3. The molecule has 3 aromatic carbocycles.